The van der Waals surface area contributed by atoms with E-state index in [-0.39, 0.29) is 11.2 Å². The van der Waals surface area contributed by atoms with Gasteiger partial charge in [0.05, 0.1) is 28.2 Å². The van der Waals surface area contributed by atoms with Crippen molar-refractivity contribution in [2.24, 2.45) is 11.1 Å². The molecule has 1 fully saturated rings. The summed E-state index contributed by atoms with van der Waals surface area (Å²) in [5, 5.41) is 8.30. The van der Waals surface area contributed by atoms with Gasteiger partial charge in [-0.2, -0.15) is 5.10 Å². The van der Waals surface area contributed by atoms with Crippen molar-refractivity contribution in [3.8, 4) is 5.69 Å². The van der Waals surface area contributed by atoms with Crippen molar-refractivity contribution in [1.82, 2.24) is 14.7 Å². The van der Waals surface area contributed by atoms with E-state index >= 15 is 0 Å². The van der Waals surface area contributed by atoms with E-state index in [1.807, 2.05) is 23.7 Å². The Morgan fingerprint density at radius 1 is 1.19 bits per heavy atom. The van der Waals surface area contributed by atoms with Gasteiger partial charge in [0.1, 0.15) is 0 Å². The van der Waals surface area contributed by atoms with E-state index in [2.05, 4.69) is 38.2 Å². The Kier molecular flexibility index (Phi) is 5.88. The van der Waals surface area contributed by atoms with Crippen LogP contribution >= 0.6 is 0 Å². The van der Waals surface area contributed by atoms with Gasteiger partial charge in [0.25, 0.3) is 5.91 Å². The van der Waals surface area contributed by atoms with Crippen LogP contribution in [-0.4, -0.2) is 52.5 Å². The first-order chi connectivity index (χ1) is 15.1. The van der Waals surface area contributed by atoms with Crippen LogP contribution in [-0.2, 0) is 6.42 Å². The van der Waals surface area contributed by atoms with Crippen LogP contribution in [0.15, 0.2) is 18.2 Å². The molecule has 1 amide bonds. The number of benzene rings is 1. The summed E-state index contributed by atoms with van der Waals surface area (Å²) < 4.78 is 1.88. The normalized spacial score (nSPS) is 22.6. The summed E-state index contributed by atoms with van der Waals surface area (Å²) in [7, 11) is 4.26. The fourth-order valence-electron chi connectivity index (χ4n) is 5.31. The highest BCUT2D eigenvalue weighted by Gasteiger charge is 2.36. The van der Waals surface area contributed by atoms with Crippen LogP contribution in [0.3, 0.4) is 0 Å². The van der Waals surface area contributed by atoms with E-state index in [0.717, 1.165) is 60.4 Å². The third-order valence-electron chi connectivity index (χ3n) is 7.02. The SMILES string of the molecule is Cc1nn(-c2ccc(C(N)=O)c(NC3CCC(N(C)C)CC3)c2)c2c1C(=O)CC(C)(C)C2. The Morgan fingerprint density at radius 2 is 1.88 bits per heavy atom. The number of fused-ring (bicyclic) bond motifs is 1. The van der Waals surface area contributed by atoms with Crippen LogP contribution in [0, 0.1) is 12.3 Å². The van der Waals surface area contributed by atoms with Gasteiger partial charge < -0.3 is 16.0 Å². The average Bonchev–Trinajstić information content (AvgIpc) is 3.03. The highest BCUT2D eigenvalue weighted by molar-refractivity contribution is 6.00. The second-order valence-corrected chi connectivity index (χ2v) is 10.5. The Bertz CT molecular complexity index is 1040. The fourth-order valence-corrected chi connectivity index (χ4v) is 5.31. The maximum atomic E-state index is 12.8. The number of nitrogens with one attached hydrogen (secondary N) is 1. The number of hydrogen-bond acceptors (Lipinski definition) is 5. The molecule has 0 unspecified atom stereocenters. The molecular formula is C25H35N5O2. The van der Waals surface area contributed by atoms with Crippen molar-refractivity contribution in [1.29, 1.82) is 0 Å². The lowest BCUT2D eigenvalue weighted by Gasteiger charge is -2.33. The van der Waals surface area contributed by atoms with Gasteiger partial charge in [-0.15, -0.1) is 0 Å². The molecule has 0 bridgehead atoms. The summed E-state index contributed by atoms with van der Waals surface area (Å²) in [5.74, 6) is -0.291. The molecular weight excluding hydrogens is 402 g/mol. The number of nitrogens with zero attached hydrogens (tertiary/aromatic N) is 3. The number of aryl methyl sites for hydroxylation is 1. The first kappa shape index (κ1) is 22.5. The van der Waals surface area contributed by atoms with Crippen LogP contribution in [0.2, 0.25) is 0 Å². The summed E-state index contributed by atoms with van der Waals surface area (Å²) in [4.78, 5) is 27.2. The lowest BCUT2D eigenvalue weighted by Crippen LogP contribution is -2.36. The number of hydrogen-bond donors (Lipinski definition) is 2. The van der Waals surface area contributed by atoms with Gasteiger partial charge in [-0.05, 0) is 76.7 Å². The maximum absolute atomic E-state index is 12.8. The van der Waals surface area contributed by atoms with E-state index in [4.69, 9.17) is 10.8 Å². The zero-order valence-electron chi connectivity index (χ0n) is 19.9. The first-order valence-corrected chi connectivity index (χ1v) is 11.5. The predicted octanol–water partition coefficient (Wildman–Crippen LogP) is 3.72. The molecule has 4 rings (SSSR count). The fraction of sp³-hybridized carbons (Fsp3) is 0.560. The molecule has 7 heteroatoms. The molecule has 0 spiro atoms. The number of carbonyl (C=O) groups excluding carboxylic acids is 2. The number of rotatable bonds is 5. The third kappa shape index (κ3) is 4.31. The van der Waals surface area contributed by atoms with Crippen LogP contribution in [0.4, 0.5) is 5.69 Å². The van der Waals surface area contributed by atoms with Crippen molar-refractivity contribution < 1.29 is 9.59 Å². The summed E-state index contributed by atoms with van der Waals surface area (Å²) >= 11 is 0. The topological polar surface area (TPSA) is 93.2 Å². The zero-order valence-corrected chi connectivity index (χ0v) is 19.9. The molecule has 0 saturated heterocycles. The molecule has 1 aromatic heterocycles. The molecule has 32 heavy (non-hydrogen) atoms. The molecule has 2 aromatic rings. The Morgan fingerprint density at radius 3 is 2.50 bits per heavy atom. The number of aromatic nitrogens is 2. The molecule has 3 N–H and O–H groups in total. The molecule has 0 atom stereocenters. The van der Waals surface area contributed by atoms with Gasteiger partial charge in [0.15, 0.2) is 5.78 Å². The average molecular weight is 438 g/mol. The van der Waals surface area contributed by atoms with Gasteiger partial charge in [0, 0.05) is 24.2 Å². The summed E-state index contributed by atoms with van der Waals surface area (Å²) in [6.07, 6.45) is 5.66. The van der Waals surface area contributed by atoms with Crippen LogP contribution in [0.5, 0.6) is 0 Å². The molecule has 7 nitrogen and oxygen atoms in total. The van der Waals surface area contributed by atoms with Gasteiger partial charge in [-0.25, -0.2) is 4.68 Å². The van der Waals surface area contributed by atoms with E-state index in [0.29, 0.717) is 24.1 Å². The lowest BCUT2D eigenvalue weighted by atomic mass is 9.75. The first-order valence-electron chi connectivity index (χ1n) is 11.5. The lowest BCUT2D eigenvalue weighted by molar-refractivity contribution is 0.0909. The number of carbonyl (C=O) groups is 2. The second kappa shape index (κ2) is 8.35. The quantitative estimate of drug-likeness (QED) is 0.744. The summed E-state index contributed by atoms with van der Waals surface area (Å²) in [6.45, 7) is 6.13. The molecule has 1 saturated carbocycles. The van der Waals surface area contributed by atoms with Crippen molar-refractivity contribution in [2.45, 2.75) is 71.4 Å². The van der Waals surface area contributed by atoms with Crippen LogP contribution < -0.4 is 11.1 Å². The minimum atomic E-state index is -0.448. The standard InChI is InChI=1S/C25H35N5O2/c1-15-23-21(13-25(2,3)14-22(23)31)30(28-15)18-10-11-19(24(26)32)20(12-18)27-16-6-8-17(9-7-16)29(4)5/h10-12,16-17,27H,6-9,13-14H2,1-5H3,(H2,26,32). The van der Waals surface area contributed by atoms with Crippen molar-refractivity contribution in [2.75, 3.05) is 19.4 Å². The predicted molar refractivity (Wildman–Crippen MR) is 127 cm³/mol. The number of Topliss-reactive ketones (excluding diaryl/α,β-unsaturated/α-hetero) is 1. The minimum absolute atomic E-state index is 0.104. The van der Waals surface area contributed by atoms with Gasteiger partial charge >= 0.3 is 0 Å². The number of ketones is 1. The third-order valence-corrected chi connectivity index (χ3v) is 7.02. The monoisotopic (exact) mass is 437 g/mol. The smallest absolute Gasteiger partial charge is 0.250 e. The molecule has 0 aliphatic heterocycles. The highest BCUT2D eigenvalue weighted by atomic mass is 16.1. The van der Waals surface area contributed by atoms with E-state index in [1.165, 1.54) is 0 Å². The molecule has 0 radical (unpaired) electrons. The van der Waals surface area contributed by atoms with Crippen molar-refractivity contribution in [3.05, 3.63) is 40.7 Å². The zero-order chi connectivity index (χ0) is 23.2. The highest BCUT2D eigenvalue weighted by Crippen LogP contribution is 2.37. The Hall–Kier alpha value is -2.67. The Labute approximate surface area is 190 Å². The molecule has 2 aliphatic rings. The molecule has 1 heterocycles. The number of primary amides is 1. The molecule has 1 aromatic carbocycles. The number of anilines is 1. The van der Waals surface area contributed by atoms with Gasteiger partial charge in [-0.1, -0.05) is 13.8 Å². The van der Waals surface area contributed by atoms with E-state index < -0.39 is 5.91 Å². The van der Waals surface area contributed by atoms with Crippen LogP contribution in [0.25, 0.3) is 5.69 Å². The minimum Gasteiger partial charge on any atom is -0.382 e. The molecule has 2 aliphatic carbocycles. The summed E-state index contributed by atoms with van der Waals surface area (Å²) in [6, 6.07) is 6.50. The van der Waals surface area contributed by atoms with Gasteiger partial charge in [0.2, 0.25) is 0 Å². The number of nitrogens with two attached hydrogens (primary N) is 1. The van der Waals surface area contributed by atoms with Crippen LogP contribution in [0.1, 0.15) is 78.1 Å². The molecule has 172 valence electrons. The Balaban J connectivity index is 1.67. The maximum Gasteiger partial charge on any atom is 0.250 e. The summed E-state index contributed by atoms with van der Waals surface area (Å²) in [5.41, 5.74) is 10.1. The van der Waals surface area contributed by atoms with E-state index in [1.54, 1.807) is 6.07 Å². The van der Waals surface area contributed by atoms with Crippen molar-refractivity contribution in [3.63, 3.8) is 0 Å². The number of amides is 1. The van der Waals surface area contributed by atoms with E-state index in [9.17, 15) is 9.59 Å². The second-order valence-electron chi connectivity index (χ2n) is 10.5. The largest absolute Gasteiger partial charge is 0.382 e. The van der Waals surface area contributed by atoms with Gasteiger partial charge in [-0.3, -0.25) is 9.59 Å². The van der Waals surface area contributed by atoms with Crippen molar-refractivity contribution >= 4 is 17.4 Å².